The van der Waals surface area contributed by atoms with Gasteiger partial charge in [-0.2, -0.15) is 0 Å². The molecule has 0 aliphatic rings. The third kappa shape index (κ3) is 4.05. The molecule has 1 N–H and O–H groups in total. The Kier molecular flexibility index (Phi) is 5.58. The van der Waals surface area contributed by atoms with Crippen molar-refractivity contribution >= 4 is 44.1 Å². The third-order valence-electron chi connectivity index (χ3n) is 3.81. The van der Waals surface area contributed by atoms with Crippen molar-refractivity contribution in [2.45, 2.75) is 13.5 Å². The minimum atomic E-state index is -0.336. The Bertz CT molecular complexity index is 934. The van der Waals surface area contributed by atoms with Crippen LogP contribution in [0.3, 0.4) is 0 Å². The molecular formula is C19H17BrN2O3S. The number of benzene rings is 1. The van der Waals surface area contributed by atoms with Gasteiger partial charge >= 0.3 is 0 Å². The van der Waals surface area contributed by atoms with Gasteiger partial charge in [0.05, 0.1) is 16.1 Å². The molecule has 3 rings (SSSR count). The molecule has 0 fully saturated rings. The lowest BCUT2D eigenvalue weighted by molar-refractivity contribution is 0.0788. The molecule has 0 saturated carbocycles. The van der Waals surface area contributed by atoms with E-state index in [1.165, 1.54) is 17.6 Å². The summed E-state index contributed by atoms with van der Waals surface area (Å²) in [5.74, 6) is -0.187. The van der Waals surface area contributed by atoms with Crippen molar-refractivity contribution in [2.75, 3.05) is 12.4 Å². The number of furan rings is 1. The largest absolute Gasteiger partial charge is 0.459 e. The third-order valence-corrected chi connectivity index (χ3v) is 5.72. The van der Waals surface area contributed by atoms with E-state index in [0.29, 0.717) is 16.4 Å². The van der Waals surface area contributed by atoms with Crippen molar-refractivity contribution in [1.29, 1.82) is 0 Å². The minimum Gasteiger partial charge on any atom is -0.459 e. The molecule has 3 aromatic rings. The summed E-state index contributed by atoms with van der Waals surface area (Å²) in [4.78, 5) is 27.1. The van der Waals surface area contributed by atoms with Gasteiger partial charge in [-0.15, -0.1) is 11.3 Å². The molecule has 2 amide bonds. The maximum absolute atomic E-state index is 12.8. The highest BCUT2D eigenvalue weighted by atomic mass is 79.9. The molecule has 0 unspecified atom stereocenters. The molecule has 2 aromatic heterocycles. The van der Waals surface area contributed by atoms with Crippen molar-refractivity contribution in [3.63, 3.8) is 0 Å². The van der Waals surface area contributed by atoms with Crippen LogP contribution in [0.1, 0.15) is 31.4 Å². The first kappa shape index (κ1) is 18.4. The lowest BCUT2D eigenvalue weighted by Gasteiger charge is -2.17. The summed E-state index contributed by atoms with van der Waals surface area (Å²) < 4.78 is 6.05. The average molecular weight is 433 g/mol. The number of hydrogen-bond acceptors (Lipinski definition) is 4. The molecule has 0 bridgehead atoms. The molecule has 0 spiro atoms. The van der Waals surface area contributed by atoms with Crippen LogP contribution in [0.15, 0.2) is 57.6 Å². The van der Waals surface area contributed by atoms with E-state index in [1.807, 2.05) is 31.2 Å². The number of carbonyl (C=O) groups is 2. The van der Waals surface area contributed by atoms with Crippen LogP contribution in [-0.2, 0) is 6.54 Å². The summed E-state index contributed by atoms with van der Waals surface area (Å²) in [6.45, 7) is 2.35. The number of nitrogens with zero attached hydrogens (tertiary/aromatic N) is 1. The van der Waals surface area contributed by atoms with Gasteiger partial charge in [-0.3, -0.25) is 9.59 Å². The van der Waals surface area contributed by atoms with Gasteiger partial charge in [0.25, 0.3) is 11.8 Å². The van der Waals surface area contributed by atoms with Crippen LogP contribution >= 0.6 is 27.3 Å². The predicted molar refractivity (Wildman–Crippen MR) is 106 cm³/mol. The molecule has 0 saturated heterocycles. The van der Waals surface area contributed by atoms with Gasteiger partial charge in [0, 0.05) is 18.1 Å². The van der Waals surface area contributed by atoms with Gasteiger partial charge < -0.3 is 14.6 Å². The SMILES string of the molecule is Cc1cc(NC(=O)c2ccco2)sc1C(=O)N(C)Cc1ccccc1Br. The molecule has 0 aliphatic heterocycles. The number of nitrogens with one attached hydrogen (secondary N) is 1. The summed E-state index contributed by atoms with van der Waals surface area (Å²) in [7, 11) is 1.77. The van der Waals surface area contributed by atoms with Crippen LogP contribution in [-0.4, -0.2) is 23.8 Å². The second-order valence-corrected chi connectivity index (χ2v) is 7.71. The Hall–Kier alpha value is -2.38. The monoisotopic (exact) mass is 432 g/mol. The van der Waals surface area contributed by atoms with E-state index in [2.05, 4.69) is 21.2 Å². The van der Waals surface area contributed by atoms with E-state index >= 15 is 0 Å². The molecule has 0 radical (unpaired) electrons. The average Bonchev–Trinajstić information content (AvgIpc) is 3.26. The number of halogens is 1. The first-order valence-electron chi connectivity index (χ1n) is 7.90. The summed E-state index contributed by atoms with van der Waals surface area (Å²) >= 11 is 4.76. The summed E-state index contributed by atoms with van der Waals surface area (Å²) in [5, 5.41) is 3.38. The number of carbonyl (C=O) groups excluding carboxylic acids is 2. The summed E-state index contributed by atoms with van der Waals surface area (Å²) in [6.07, 6.45) is 1.44. The molecular weight excluding hydrogens is 416 g/mol. The fourth-order valence-electron chi connectivity index (χ4n) is 2.46. The smallest absolute Gasteiger partial charge is 0.291 e. The summed E-state index contributed by atoms with van der Waals surface area (Å²) in [5.41, 5.74) is 1.86. The Morgan fingerprint density at radius 2 is 2.00 bits per heavy atom. The Balaban J connectivity index is 1.72. The molecule has 0 atom stereocenters. The van der Waals surface area contributed by atoms with Crippen LogP contribution in [0.2, 0.25) is 0 Å². The van der Waals surface area contributed by atoms with Crippen molar-refractivity contribution in [1.82, 2.24) is 4.90 Å². The summed E-state index contributed by atoms with van der Waals surface area (Å²) in [6, 6.07) is 12.8. The second-order valence-electron chi connectivity index (χ2n) is 5.81. The first-order valence-corrected chi connectivity index (χ1v) is 9.51. The van der Waals surface area contributed by atoms with Gasteiger partial charge in [-0.25, -0.2) is 0 Å². The van der Waals surface area contributed by atoms with Crippen molar-refractivity contribution in [3.05, 3.63) is 75.0 Å². The number of rotatable bonds is 5. The van der Waals surface area contributed by atoms with Gasteiger partial charge in [0.2, 0.25) is 0 Å². The molecule has 1 aromatic carbocycles. The zero-order chi connectivity index (χ0) is 18.7. The number of amides is 2. The predicted octanol–water partition coefficient (Wildman–Crippen LogP) is 4.94. The van der Waals surface area contributed by atoms with Crippen LogP contribution < -0.4 is 5.32 Å². The van der Waals surface area contributed by atoms with Crippen LogP contribution in [0.4, 0.5) is 5.00 Å². The van der Waals surface area contributed by atoms with Gasteiger partial charge in [-0.05, 0) is 42.3 Å². The standard InChI is InChI=1S/C19H17BrN2O3S/c1-12-10-16(21-18(23)15-8-5-9-25-15)26-17(12)19(24)22(2)11-13-6-3-4-7-14(13)20/h3-10H,11H2,1-2H3,(H,21,23). The highest BCUT2D eigenvalue weighted by molar-refractivity contribution is 9.10. The Morgan fingerprint density at radius 3 is 2.69 bits per heavy atom. The molecule has 0 aliphatic carbocycles. The second kappa shape index (κ2) is 7.88. The zero-order valence-corrected chi connectivity index (χ0v) is 16.7. The van der Waals surface area contributed by atoms with E-state index in [-0.39, 0.29) is 17.6 Å². The Morgan fingerprint density at radius 1 is 1.23 bits per heavy atom. The maximum Gasteiger partial charge on any atom is 0.291 e. The first-order chi connectivity index (χ1) is 12.5. The minimum absolute atomic E-state index is 0.0817. The van der Waals surface area contributed by atoms with E-state index in [1.54, 1.807) is 30.1 Å². The fraction of sp³-hybridized carbons (Fsp3) is 0.158. The number of aryl methyl sites for hydroxylation is 1. The highest BCUT2D eigenvalue weighted by Gasteiger charge is 2.20. The topological polar surface area (TPSA) is 62.6 Å². The molecule has 5 nitrogen and oxygen atoms in total. The zero-order valence-electron chi connectivity index (χ0n) is 14.3. The van der Waals surface area contributed by atoms with Crippen LogP contribution in [0, 0.1) is 6.92 Å². The fourth-order valence-corrected chi connectivity index (χ4v) is 3.94. The quantitative estimate of drug-likeness (QED) is 0.620. The van der Waals surface area contributed by atoms with Crippen molar-refractivity contribution in [2.24, 2.45) is 0 Å². The molecule has 2 heterocycles. The van der Waals surface area contributed by atoms with Gasteiger partial charge in [-0.1, -0.05) is 34.1 Å². The lowest BCUT2D eigenvalue weighted by Crippen LogP contribution is -2.26. The van der Waals surface area contributed by atoms with E-state index in [9.17, 15) is 9.59 Å². The number of thiophene rings is 1. The van der Waals surface area contributed by atoms with Crippen LogP contribution in [0.25, 0.3) is 0 Å². The van der Waals surface area contributed by atoms with Crippen molar-refractivity contribution in [3.8, 4) is 0 Å². The van der Waals surface area contributed by atoms with Gasteiger partial charge in [0.1, 0.15) is 0 Å². The highest BCUT2D eigenvalue weighted by Crippen LogP contribution is 2.29. The Labute approximate surface area is 163 Å². The number of hydrogen-bond donors (Lipinski definition) is 1. The molecule has 7 heteroatoms. The normalized spacial score (nSPS) is 10.6. The van der Waals surface area contributed by atoms with Crippen LogP contribution in [0.5, 0.6) is 0 Å². The lowest BCUT2D eigenvalue weighted by atomic mass is 10.2. The van der Waals surface area contributed by atoms with Gasteiger partial charge in [0.15, 0.2) is 5.76 Å². The van der Waals surface area contributed by atoms with E-state index in [0.717, 1.165) is 15.6 Å². The van der Waals surface area contributed by atoms with E-state index in [4.69, 9.17) is 4.42 Å². The molecule has 134 valence electrons. The molecule has 26 heavy (non-hydrogen) atoms. The van der Waals surface area contributed by atoms with Crippen molar-refractivity contribution < 1.29 is 14.0 Å². The maximum atomic E-state index is 12.8. The number of anilines is 1. The van der Waals surface area contributed by atoms with E-state index < -0.39 is 0 Å².